The van der Waals surface area contributed by atoms with E-state index in [0.717, 1.165) is 0 Å². The van der Waals surface area contributed by atoms with Gasteiger partial charge in [0.2, 0.25) is 6.79 Å². The molecule has 2 saturated heterocycles. The van der Waals surface area contributed by atoms with E-state index in [1.807, 2.05) is 13.8 Å². The molecule has 0 aromatic rings. The molecule has 11 nitrogen and oxygen atoms in total. The second-order valence-corrected chi connectivity index (χ2v) is 8.44. The molecule has 2 aliphatic heterocycles. The molecular formula is C19H34BN3O8. The van der Waals surface area contributed by atoms with Crippen molar-refractivity contribution in [1.29, 1.82) is 0 Å². The van der Waals surface area contributed by atoms with Crippen LogP contribution >= 0.6 is 0 Å². The van der Waals surface area contributed by atoms with Crippen molar-refractivity contribution in [3.63, 3.8) is 0 Å². The van der Waals surface area contributed by atoms with Gasteiger partial charge in [-0.2, -0.15) is 0 Å². The fourth-order valence-electron chi connectivity index (χ4n) is 4.47. The molecule has 2 rings (SSSR count). The third kappa shape index (κ3) is 5.88. The number of ether oxygens (including phenoxy) is 2. The molecule has 0 aliphatic carbocycles. The lowest BCUT2D eigenvalue weighted by Gasteiger charge is -2.30. The van der Waals surface area contributed by atoms with Gasteiger partial charge in [0.15, 0.2) is 0 Å². The summed E-state index contributed by atoms with van der Waals surface area (Å²) in [4.78, 5) is 38.0. The molecule has 2 unspecified atom stereocenters. The van der Waals surface area contributed by atoms with Crippen LogP contribution in [0.4, 0.5) is 4.79 Å². The van der Waals surface area contributed by atoms with Crippen molar-refractivity contribution >= 4 is 25.2 Å². The van der Waals surface area contributed by atoms with Crippen LogP contribution in [0.25, 0.3) is 0 Å². The molecule has 2 fully saturated rings. The van der Waals surface area contributed by atoms with Crippen LogP contribution in [0.3, 0.4) is 0 Å². The number of aliphatic carboxylic acids is 1. The Morgan fingerprint density at radius 1 is 1.29 bits per heavy atom. The number of carboxylic acids is 1. The highest BCUT2D eigenvalue weighted by molar-refractivity contribution is 6.40. The number of amides is 1. The first-order chi connectivity index (χ1) is 14.6. The van der Waals surface area contributed by atoms with Crippen molar-refractivity contribution in [2.45, 2.75) is 69.9 Å². The van der Waals surface area contributed by atoms with Gasteiger partial charge in [0, 0.05) is 19.0 Å². The average molecular weight is 443 g/mol. The summed E-state index contributed by atoms with van der Waals surface area (Å²) in [6.45, 7) is 3.85. The molecule has 0 aromatic heterocycles. The standard InChI is InChI=1S/C19H34BN3O8/c1-3-12(2)15(21)16(24)30-11-31-18(27)23-9-6-13-14(23)10-22-19(13,17(25)26)7-4-5-8-20(28)29/h12-15,22,28-29H,3-11,21H2,1-2H3,(H,25,26)/t12?,13-,14-,15?,19+/m0/s1. The Morgan fingerprint density at radius 3 is 2.61 bits per heavy atom. The highest BCUT2D eigenvalue weighted by Crippen LogP contribution is 2.41. The number of likely N-dealkylation sites (tertiary alicyclic amines) is 1. The zero-order valence-electron chi connectivity index (χ0n) is 18.2. The molecule has 2 aliphatic rings. The molecule has 176 valence electrons. The summed E-state index contributed by atoms with van der Waals surface area (Å²) in [5, 5.41) is 30.9. The van der Waals surface area contributed by atoms with Crippen LogP contribution in [-0.4, -0.2) is 82.7 Å². The quantitative estimate of drug-likeness (QED) is 0.124. The number of carbonyl (C=O) groups is 3. The van der Waals surface area contributed by atoms with E-state index >= 15 is 0 Å². The van der Waals surface area contributed by atoms with Gasteiger partial charge in [-0.15, -0.1) is 0 Å². The maximum absolute atomic E-state index is 12.5. The van der Waals surface area contributed by atoms with Crippen LogP contribution in [0.15, 0.2) is 0 Å². The monoisotopic (exact) mass is 443 g/mol. The number of unbranched alkanes of at least 4 members (excludes halogenated alkanes) is 1. The summed E-state index contributed by atoms with van der Waals surface area (Å²) < 4.78 is 10.0. The SMILES string of the molecule is CCC(C)C(N)C(=O)OCOC(=O)N1CC[C@H]2[C@@H]1CN[C@@]2(CCCCB(O)O)C(=O)O. The Hall–Kier alpha value is -1.89. The number of hydrogen-bond donors (Lipinski definition) is 5. The molecule has 5 atom stereocenters. The summed E-state index contributed by atoms with van der Waals surface area (Å²) >= 11 is 0. The summed E-state index contributed by atoms with van der Waals surface area (Å²) in [7, 11) is -1.41. The Morgan fingerprint density at radius 2 is 2.00 bits per heavy atom. The molecule has 0 aromatic carbocycles. The molecule has 0 bridgehead atoms. The normalized spacial score (nSPS) is 26.8. The van der Waals surface area contributed by atoms with E-state index in [1.54, 1.807) is 0 Å². The lowest BCUT2D eigenvalue weighted by atomic mass is 9.77. The maximum Gasteiger partial charge on any atom is 0.451 e. The summed E-state index contributed by atoms with van der Waals surface area (Å²) in [6.07, 6.45) is 2.06. The van der Waals surface area contributed by atoms with E-state index in [-0.39, 0.29) is 24.2 Å². The summed E-state index contributed by atoms with van der Waals surface area (Å²) in [6, 6.07) is -1.13. The zero-order valence-corrected chi connectivity index (χ0v) is 18.2. The van der Waals surface area contributed by atoms with E-state index in [9.17, 15) is 19.5 Å². The van der Waals surface area contributed by atoms with Crippen molar-refractivity contribution < 1.29 is 39.0 Å². The number of rotatable bonds is 11. The van der Waals surface area contributed by atoms with Crippen LogP contribution < -0.4 is 11.1 Å². The zero-order chi connectivity index (χ0) is 23.2. The first kappa shape index (κ1) is 25.4. The second-order valence-electron chi connectivity index (χ2n) is 8.44. The number of hydrogen-bond acceptors (Lipinski definition) is 9. The van der Waals surface area contributed by atoms with E-state index in [0.29, 0.717) is 45.2 Å². The smallest absolute Gasteiger partial charge is 0.451 e. The van der Waals surface area contributed by atoms with Crippen LogP contribution in [0, 0.1) is 11.8 Å². The van der Waals surface area contributed by atoms with Crippen molar-refractivity contribution in [2.75, 3.05) is 19.9 Å². The van der Waals surface area contributed by atoms with Crippen molar-refractivity contribution in [3.8, 4) is 0 Å². The van der Waals surface area contributed by atoms with Crippen LogP contribution in [0.2, 0.25) is 6.32 Å². The minimum atomic E-state index is -1.41. The molecule has 0 radical (unpaired) electrons. The van der Waals surface area contributed by atoms with E-state index in [1.165, 1.54) is 4.90 Å². The predicted molar refractivity (Wildman–Crippen MR) is 111 cm³/mol. The predicted octanol–water partition coefficient (Wildman–Crippen LogP) is -0.243. The topological polar surface area (TPSA) is 172 Å². The Bertz CT molecular complexity index is 652. The molecule has 31 heavy (non-hydrogen) atoms. The van der Waals surface area contributed by atoms with Gasteiger partial charge in [-0.05, 0) is 25.1 Å². The molecule has 1 amide bonds. The van der Waals surface area contributed by atoms with Crippen LogP contribution in [-0.2, 0) is 19.1 Å². The highest BCUT2D eigenvalue weighted by Gasteiger charge is 2.58. The van der Waals surface area contributed by atoms with Gasteiger partial charge in [0.25, 0.3) is 0 Å². The van der Waals surface area contributed by atoms with Gasteiger partial charge in [-0.3, -0.25) is 14.9 Å². The number of carboxylic acid groups (broad SMARTS) is 1. The van der Waals surface area contributed by atoms with Gasteiger partial charge in [-0.1, -0.05) is 33.1 Å². The Labute approximate surface area is 182 Å². The molecule has 0 spiro atoms. The first-order valence-corrected chi connectivity index (χ1v) is 10.8. The second kappa shape index (κ2) is 11.1. The molecule has 6 N–H and O–H groups in total. The number of esters is 1. The fraction of sp³-hybridized carbons (Fsp3) is 0.842. The molecule has 0 saturated carbocycles. The Kier molecular flexibility index (Phi) is 9.10. The third-order valence-corrected chi connectivity index (χ3v) is 6.62. The molecule has 2 heterocycles. The van der Waals surface area contributed by atoms with Gasteiger partial charge in [-0.25, -0.2) is 4.79 Å². The van der Waals surface area contributed by atoms with E-state index < -0.39 is 43.5 Å². The number of nitrogens with two attached hydrogens (primary N) is 1. The highest BCUT2D eigenvalue weighted by atomic mass is 16.7. The average Bonchev–Trinajstić information content (AvgIpc) is 3.31. The third-order valence-electron chi connectivity index (χ3n) is 6.62. The lowest BCUT2D eigenvalue weighted by Crippen LogP contribution is -2.52. The molecule has 12 heteroatoms. The van der Waals surface area contributed by atoms with Gasteiger partial charge >= 0.3 is 25.2 Å². The fourth-order valence-corrected chi connectivity index (χ4v) is 4.47. The van der Waals surface area contributed by atoms with Gasteiger partial charge < -0.3 is 35.3 Å². The van der Waals surface area contributed by atoms with Gasteiger partial charge in [0.1, 0.15) is 11.6 Å². The number of nitrogens with zero attached hydrogens (tertiary/aromatic N) is 1. The summed E-state index contributed by atoms with van der Waals surface area (Å²) in [5.41, 5.74) is 4.62. The van der Waals surface area contributed by atoms with Crippen LogP contribution in [0.5, 0.6) is 0 Å². The number of fused-ring (bicyclic) bond motifs is 1. The number of carbonyl (C=O) groups excluding carboxylic acids is 2. The van der Waals surface area contributed by atoms with Crippen molar-refractivity contribution in [3.05, 3.63) is 0 Å². The largest absolute Gasteiger partial charge is 0.480 e. The summed E-state index contributed by atoms with van der Waals surface area (Å²) in [5.74, 6) is -1.97. The number of nitrogens with one attached hydrogen (secondary N) is 1. The van der Waals surface area contributed by atoms with E-state index in [4.69, 9.17) is 25.3 Å². The van der Waals surface area contributed by atoms with Crippen molar-refractivity contribution in [2.24, 2.45) is 17.6 Å². The van der Waals surface area contributed by atoms with Crippen molar-refractivity contribution in [1.82, 2.24) is 10.2 Å². The molecular weight excluding hydrogens is 409 g/mol. The van der Waals surface area contributed by atoms with Gasteiger partial charge in [0.05, 0.1) is 6.04 Å². The van der Waals surface area contributed by atoms with Crippen LogP contribution in [0.1, 0.15) is 46.0 Å². The minimum absolute atomic E-state index is 0.0584. The van der Waals surface area contributed by atoms with E-state index in [2.05, 4.69) is 5.32 Å². The Balaban J connectivity index is 1.88. The maximum atomic E-state index is 12.5. The minimum Gasteiger partial charge on any atom is -0.480 e. The first-order valence-electron chi connectivity index (χ1n) is 10.8. The lowest BCUT2D eigenvalue weighted by molar-refractivity contribution is -0.155.